The maximum atomic E-state index is 15.8. The van der Waals surface area contributed by atoms with Crippen molar-refractivity contribution >= 4 is 29.0 Å². The van der Waals surface area contributed by atoms with Gasteiger partial charge in [0.2, 0.25) is 0 Å². The van der Waals surface area contributed by atoms with Gasteiger partial charge in [0.1, 0.15) is 11.3 Å². The average Bonchev–Trinajstić information content (AvgIpc) is 1.90. The number of carbonyl (C=O) groups excluding carboxylic acids is 2. The molecule has 3 N–H and O–H groups in total. The summed E-state index contributed by atoms with van der Waals surface area (Å²) >= 11 is 0. The molecule has 0 amide bonds. The number of ether oxygens (including phenoxy) is 4. The van der Waals surface area contributed by atoms with E-state index in [9.17, 15) is 20.1 Å². The lowest BCUT2D eigenvalue weighted by Crippen LogP contribution is -2.60. The van der Waals surface area contributed by atoms with Crippen LogP contribution in [0, 0.1) is 35.5 Å². The Bertz CT molecular complexity index is 3540. The molecule has 82 heavy (non-hydrogen) atoms. The van der Waals surface area contributed by atoms with Gasteiger partial charge in [-0.15, -0.1) is 0 Å². The van der Waals surface area contributed by atoms with Crippen molar-refractivity contribution in [3.63, 3.8) is 0 Å². The lowest BCUT2D eigenvalue weighted by Gasteiger charge is -2.55. The van der Waals surface area contributed by atoms with Gasteiger partial charge in [-0.3, -0.25) is 4.79 Å². The minimum absolute atomic E-state index is 0.00822. The van der Waals surface area contributed by atoms with Gasteiger partial charge in [0.15, 0.2) is 17.8 Å². The molecule has 2 saturated carbocycles. The van der Waals surface area contributed by atoms with Crippen LogP contribution in [-0.2, 0) is 55.1 Å². The number of aliphatic hydroxyl groups is 3. The van der Waals surface area contributed by atoms with Gasteiger partial charge < -0.3 is 38.7 Å². The molecular weight excluding hydrogens is 1030 g/mol. The third-order valence-electron chi connectivity index (χ3n) is 20.8. The molecule has 11 heteroatoms. The Kier molecular flexibility index (Phi) is 15.0. The van der Waals surface area contributed by atoms with Gasteiger partial charge in [-0.05, 0) is 157 Å². The van der Waals surface area contributed by atoms with E-state index in [2.05, 4.69) is 96.8 Å². The van der Waals surface area contributed by atoms with Crippen LogP contribution < -0.4 is 10.4 Å². The fraction of sp³-hybridized carbons (Fsp3) is 0.479. The third kappa shape index (κ3) is 9.13. The number of hydrogen-bond donors (Lipinski definition) is 3. The number of aliphatic hydroxyl groups excluding tert-OH is 3. The van der Waals surface area contributed by atoms with Crippen molar-refractivity contribution in [1.82, 2.24) is 0 Å². The van der Waals surface area contributed by atoms with E-state index in [1.54, 1.807) is 19.1 Å². The Hall–Kier alpha value is -6.55. The first kappa shape index (κ1) is 54.7. The molecule has 5 bridgehead atoms. The van der Waals surface area contributed by atoms with Crippen molar-refractivity contribution in [3.05, 3.63) is 174 Å². The van der Waals surface area contributed by atoms with Crippen LogP contribution in [0.15, 0.2) is 111 Å². The molecule has 10 unspecified atom stereocenters. The van der Waals surface area contributed by atoms with E-state index in [-0.39, 0.29) is 91.3 Å². The van der Waals surface area contributed by atoms with Gasteiger partial charge in [0.25, 0.3) is 0 Å². The first-order valence-corrected chi connectivity index (χ1v) is 30.5. The average molecular weight is 1110 g/mol. The molecule has 11 nitrogen and oxygen atoms in total. The fourth-order valence-corrected chi connectivity index (χ4v) is 17.1. The van der Waals surface area contributed by atoms with Gasteiger partial charge in [-0.25, -0.2) is 9.59 Å². The van der Waals surface area contributed by atoms with Gasteiger partial charge in [-0.2, -0.15) is 0 Å². The zero-order valence-corrected chi connectivity index (χ0v) is 47.4. The number of methoxy groups -OCH3 is 1. The molecule has 5 aromatic rings. The molecule has 13 rings (SSSR count). The van der Waals surface area contributed by atoms with Crippen LogP contribution in [0.2, 0.25) is 0 Å². The van der Waals surface area contributed by atoms with Gasteiger partial charge in [0, 0.05) is 72.2 Å². The van der Waals surface area contributed by atoms with Crippen LogP contribution in [0.3, 0.4) is 0 Å². The normalized spacial score (nSPS) is 29.4. The predicted octanol–water partition coefficient (Wildman–Crippen LogP) is 12.0. The molecule has 4 heterocycles. The highest BCUT2D eigenvalue weighted by Crippen LogP contribution is 2.61. The number of fused-ring (bicyclic) bond motifs is 11. The van der Waals surface area contributed by atoms with E-state index in [1.165, 1.54) is 47.8 Å². The van der Waals surface area contributed by atoms with Crippen molar-refractivity contribution in [2.24, 2.45) is 23.7 Å². The number of esters is 2. The lowest BCUT2D eigenvalue weighted by molar-refractivity contribution is -0.204. The Labute approximate surface area is 480 Å². The zero-order valence-electron chi connectivity index (χ0n) is 47.4. The smallest absolute Gasteiger partial charge is 0.340 e. The van der Waals surface area contributed by atoms with Gasteiger partial charge >= 0.3 is 17.6 Å². The molecular formula is C71H76O11. The van der Waals surface area contributed by atoms with E-state index >= 15 is 9.59 Å². The number of benzene rings is 4. The summed E-state index contributed by atoms with van der Waals surface area (Å²) in [6, 6.07) is 26.2. The van der Waals surface area contributed by atoms with Crippen molar-refractivity contribution in [1.29, 1.82) is 0 Å². The molecule has 1 aromatic heterocycles. The summed E-state index contributed by atoms with van der Waals surface area (Å²) < 4.78 is 33.5. The van der Waals surface area contributed by atoms with Crippen LogP contribution in [0.1, 0.15) is 182 Å². The molecule has 0 radical (unpaired) electrons. The predicted molar refractivity (Wildman–Crippen MR) is 313 cm³/mol. The quantitative estimate of drug-likeness (QED) is 0.0423. The highest BCUT2D eigenvalue weighted by Gasteiger charge is 2.60. The van der Waals surface area contributed by atoms with Crippen LogP contribution in [-0.4, -0.2) is 65.9 Å². The van der Waals surface area contributed by atoms with Crippen LogP contribution in [0.5, 0.6) is 5.75 Å². The minimum atomic E-state index is -1.36. The van der Waals surface area contributed by atoms with Crippen LogP contribution >= 0.6 is 0 Å². The molecule has 10 atom stereocenters. The summed E-state index contributed by atoms with van der Waals surface area (Å²) in [6.45, 7) is 0.691. The zero-order chi connectivity index (χ0) is 56.3. The lowest BCUT2D eigenvalue weighted by atomic mass is 9.48. The maximum Gasteiger partial charge on any atom is 0.340 e. The molecule has 0 saturated heterocycles. The highest BCUT2D eigenvalue weighted by molar-refractivity contribution is 5.90. The molecule has 2 fully saturated rings. The number of aryl methyl sites for hydroxylation is 1. The van der Waals surface area contributed by atoms with E-state index < -0.39 is 47.9 Å². The number of carbonyl (C=O) groups is 2. The van der Waals surface area contributed by atoms with Gasteiger partial charge in [-0.1, -0.05) is 122 Å². The second kappa shape index (κ2) is 22.6. The summed E-state index contributed by atoms with van der Waals surface area (Å²) in [4.78, 5) is 45.8. The molecule has 8 aliphatic rings. The standard InChI is InChI=1S/C71H76O11/c1-42(39-73)52-27-21-43-22-28-54-45(36-43)13-8-9-34-70(49-14-4-3-5-15-49)67(81-68(52)76)66(64-61(82-70)32-31-57-58(40-74)63(69(77)80-65(57)64)47(33-35-72)41-78-2)79-62(75)38-48-37-46(24-29-55(48)54)53-18-11-20-60-56(53)30-26-51-17-10-16-50-25-23-44-12-6-7-19-59(44)71(50,51)60/h6-7,11-12,18-20,22-25,28-29,31-32,36,46-51,55,66-67,72-74H,3-5,10,13-17,21,26-27,30,33-35,37-41H2,1-2H3. The van der Waals surface area contributed by atoms with Gasteiger partial charge in [0.05, 0.1) is 31.8 Å². The third-order valence-corrected chi connectivity index (χ3v) is 20.8. The van der Waals surface area contributed by atoms with Crippen molar-refractivity contribution in [2.75, 3.05) is 26.9 Å². The van der Waals surface area contributed by atoms with Crippen LogP contribution in [0.25, 0.3) is 17.0 Å². The Balaban J connectivity index is 0.993. The fourth-order valence-electron chi connectivity index (χ4n) is 17.1. The van der Waals surface area contributed by atoms with E-state index in [0.29, 0.717) is 58.9 Å². The molecule has 5 aliphatic carbocycles. The molecule has 4 aromatic carbocycles. The van der Waals surface area contributed by atoms with Crippen LogP contribution in [0.4, 0.5) is 0 Å². The SMILES string of the molecule is COCC(CCO)c1c(CO)c2ccc3c(c2oc1=O)C1OC(=O)CC2CC(c4cccc5c4CCC4CCCC6C=Cc7ccccc7C564)C=CC2c2ccc4cc2CC#CCC(C2CCCCC2)(O3)C1OC(=O)C(=C(C)CO)CC4. The first-order valence-electron chi connectivity index (χ1n) is 30.5. The van der Waals surface area contributed by atoms with Crippen molar-refractivity contribution < 1.29 is 48.3 Å². The summed E-state index contributed by atoms with van der Waals surface area (Å²) in [5.41, 5.74) is 9.60. The molecule has 1 spiro atoms. The summed E-state index contributed by atoms with van der Waals surface area (Å²) in [5, 5.41) is 32.5. The van der Waals surface area contributed by atoms with Crippen molar-refractivity contribution in [2.45, 2.75) is 164 Å². The summed E-state index contributed by atoms with van der Waals surface area (Å²) in [6.07, 6.45) is 19.3. The minimum Gasteiger partial charge on any atom is -0.481 e. The van der Waals surface area contributed by atoms with Crippen molar-refractivity contribution in [3.8, 4) is 17.6 Å². The topological polar surface area (TPSA) is 162 Å². The number of hydrogen-bond acceptors (Lipinski definition) is 11. The second-order valence-corrected chi connectivity index (χ2v) is 24.9. The molecule has 3 aliphatic heterocycles. The summed E-state index contributed by atoms with van der Waals surface area (Å²) in [7, 11) is 1.52. The maximum absolute atomic E-state index is 15.8. The van der Waals surface area contributed by atoms with E-state index in [0.717, 1.165) is 68.1 Å². The number of allylic oxidation sites excluding steroid dienone is 3. The summed E-state index contributed by atoms with van der Waals surface area (Å²) in [5.74, 6) is 6.13. The second-order valence-electron chi connectivity index (χ2n) is 24.9. The number of rotatable bonds is 9. The Morgan fingerprint density at radius 1 is 0.817 bits per heavy atom. The highest BCUT2D eigenvalue weighted by atomic mass is 16.6. The van der Waals surface area contributed by atoms with E-state index in [4.69, 9.17) is 23.4 Å². The Morgan fingerprint density at radius 2 is 1.66 bits per heavy atom. The largest absolute Gasteiger partial charge is 0.481 e. The first-order chi connectivity index (χ1) is 40.1. The monoisotopic (exact) mass is 1100 g/mol. The Morgan fingerprint density at radius 3 is 2.49 bits per heavy atom. The molecule has 426 valence electrons. The van der Waals surface area contributed by atoms with E-state index in [1.807, 2.05) is 0 Å².